The maximum absolute atomic E-state index is 12.0. The predicted molar refractivity (Wildman–Crippen MR) is 91.5 cm³/mol. The number of nitrogens with one attached hydrogen (secondary N) is 1. The number of hydrogen-bond acceptors (Lipinski definition) is 4. The molecule has 0 fully saturated rings. The molecule has 0 spiro atoms. The van der Waals surface area contributed by atoms with E-state index in [1.54, 1.807) is 18.2 Å². The zero-order valence-corrected chi connectivity index (χ0v) is 13.9. The first-order chi connectivity index (χ1) is 11.6. The van der Waals surface area contributed by atoms with E-state index in [2.05, 4.69) is 5.32 Å². The van der Waals surface area contributed by atoms with Gasteiger partial charge in [0.15, 0.2) is 18.1 Å². The summed E-state index contributed by atoms with van der Waals surface area (Å²) in [6.07, 6.45) is 0.737. The van der Waals surface area contributed by atoms with Gasteiger partial charge in [-0.05, 0) is 43.2 Å². The van der Waals surface area contributed by atoms with Crippen LogP contribution in [0.5, 0.6) is 11.5 Å². The Labute approximate surface area is 141 Å². The Morgan fingerprint density at radius 2 is 1.92 bits per heavy atom. The lowest BCUT2D eigenvalue weighted by Gasteiger charge is -2.12. The highest BCUT2D eigenvalue weighted by Gasteiger charge is 2.09. The van der Waals surface area contributed by atoms with Crippen LogP contribution in [0.25, 0.3) is 0 Å². The lowest BCUT2D eigenvalue weighted by molar-refractivity contribution is -0.123. The van der Waals surface area contributed by atoms with Gasteiger partial charge in [-0.25, -0.2) is 0 Å². The van der Waals surface area contributed by atoms with Crippen LogP contribution in [0.1, 0.15) is 28.4 Å². The van der Waals surface area contributed by atoms with Crippen molar-refractivity contribution in [1.82, 2.24) is 5.32 Å². The molecule has 126 valence electrons. The highest BCUT2D eigenvalue weighted by molar-refractivity contribution is 5.78. The first-order valence-corrected chi connectivity index (χ1v) is 7.80. The van der Waals surface area contributed by atoms with Crippen LogP contribution in [-0.2, 0) is 11.3 Å². The summed E-state index contributed by atoms with van der Waals surface area (Å²) in [6.45, 7) is 4.62. The van der Waals surface area contributed by atoms with E-state index >= 15 is 0 Å². The van der Waals surface area contributed by atoms with Crippen molar-refractivity contribution in [1.29, 1.82) is 0 Å². The molecule has 0 heterocycles. The van der Waals surface area contributed by atoms with Crippen LogP contribution in [0, 0.1) is 6.92 Å². The number of aryl methyl sites for hydroxylation is 1. The van der Waals surface area contributed by atoms with Gasteiger partial charge in [0.2, 0.25) is 0 Å². The molecule has 5 nitrogen and oxygen atoms in total. The molecule has 0 bridgehead atoms. The van der Waals surface area contributed by atoms with Crippen LogP contribution in [0.15, 0.2) is 42.5 Å². The molecule has 0 atom stereocenters. The largest absolute Gasteiger partial charge is 0.490 e. The Morgan fingerprint density at radius 1 is 1.12 bits per heavy atom. The van der Waals surface area contributed by atoms with Crippen molar-refractivity contribution in [2.45, 2.75) is 20.4 Å². The Balaban J connectivity index is 1.91. The summed E-state index contributed by atoms with van der Waals surface area (Å²) in [4.78, 5) is 22.8. The van der Waals surface area contributed by atoms with E-state index < -0.39 is 0 Å². The molecule has 0 aliphatic rings. The van der Waals surface area contributed by atoms with Gasteiger partial charge in [-0.15, -0.1) is 0 Å². The fourth-order valence-corrected chi connectivity index (χ4v) is 2.18. The van der Waals surface area contributed by atoms with Crippen LogP contribution >= 0.6 is 0 Å². The van der Waals surface area contributed by atoms with Crippen LogP contribution in [0.2, 0.25) is 0 Å². The Morgan fingerprint density at radius 3 is 2.62 bits per heavy atom. The second-order valence-corrected chi connectivity index (χ2v) is 5.25. The second-order valence-electron chi connectivity index (χ2n) is 5.25. The second kappa shape index (κ2) is 8.72. The maximum Gasteiger partial charge on any atom is 0.258 e. The summed E-state index contributed by atoms with van der Waals surface area (Å²) in [5, 5.41) is 2.82. The molecule has 2 aromatic rings. The normalized spacial score (nSPS) is 10.1. The van der Waals surface area contributed by atoms with Crippen molar-refractivity contribution in [2.24, 2.45) is 0 Å². The minimum absolute atomic E-state index is 0.119. The van der Waals surface area contributed by atoms with Gasteiger partial charge in [0, 0.05) is 12.1 Å². The molecule has 2 rings (SSSR count). The highest BCUT2D eigenvalue weighted by Crippen LogP contribution is 2.27. The first-order valence-electron chi connectivity index (χ1n) is 7.80. The molecule has 5 heteroatoms. The van der Waals surface area contributed by atoms with E-state index in [1.807, 2.05) is 38.1 Å². The predicted octanol–water partition coefficient (Wildman–Crippen LogP) is 2.90. The zero-order valence-electron chi connectivity index (χ0n) is 13.9. The molecule has 2 aromatic carbocycles. The number of hydrogen-bond donors (Lipinski definition) is 1. The monoisotopic (exact) mass is 327 g/mol. The van der Waals surface area contributed by atoms with E-state index in [-0.39, 0.29) is 12.5 Å². The van der Waals surface area contributed by atoms with Crippen LogP contribution in [-0.4, -0.2) is 25.4 Å². The third kappa shape index (κ3) is 4.84. The van der Waals surface area contributed by atoms with E-state index in [4.69, 9.17) is 9.47 Å². The lowest BCUT2D eigenvalue weighted by Crippen LogP contribution is -2.28. The quantitative estimate of drug-likeness (QED) is 0.757. The van der Waals surface area contributed by atoms with Gasteiger partial charge in [0.1, 0.15) is 6.29 Å². The molecule has 0 aliphatic heterocycles. The lowest BCUT2D eigenvalue weighted by atomic mass is 10.1. The zero-order chi connectivity index (χ0) is 17.4. The van der Waals surface area contributed by atoms with Crippen molar-refractivity contribution < 1.29 is 19.1 Å². The summed E-state index contributed by atoms with van der Waals surface area (Å²) < 4.78 is 11.0. The Hall–Kier alpha value is -2.82. The summed E-state index contributed by atoms with van der Waals surface area (Å²) >= 11 is 0. The van der Waals surface area contributed by atoms with Gasteiger partial charge in [-0.2, -0.15) is 0 Å². The van der Waals surface area contributed by atoms with E-state index in [9.17, 15) is 9.59 Å². The van der Waals surface area contributed by atoms with Gasteiger partial charge in [0.05, 0.1) is 6.61 Å². The van der Waals surface area contributed by atoms with Crippen molar-refractivity contribution in [3.8, 4) is 11.5 Å². The number of ether oxygens (including phenoxy) is 2. The standard InChI is InChI=1S/C19H21NO4/c1-3-23-18-10-15(12-21)8-9-17(18)24-13-19(22)20-11-16-7-5-4-6-14(16)2/h4-10,12H,3,11,13H2,1-2H3,(H,20,22). The summed E-state index contributed by atoms with van der Waals surface area (Å²) in [5.74, 6) is 0.669. The summed E-state index contributed by atoms with van der Waals surface area (Å²) in [6, 6.07) is 12.7. The summed E-state index contributed by atoms with van der Waals surface area (Å²) in [7, 11) is 0. The molecule has 0 saturated heterocycles. The van der Waals surface area contributed by atoms with Gasteiger partial charge >= 0.3 is 0 Å². The molecule has 1 N–H and O–H groups in total. The molecular weight excluding hydrogens is 306 g/mol. The van der Waals surface area contributed by atoms with E-state index in [1.165, 1.54) is 0 Å². The van der Waals surface area contributed by atoms with Gasteiger partial charge in [-0.1, -0.05) is 24.3 Å². The number of carbonyl (C=O) groups excluding carboxylic acids is 2. The maximum atomic E-state index is 12.0. The topological polar surface area (TPSA) is 64.6 Å². The summed E-state index contributed by atoms with van der Waals surface area (Å²) in [5.41, 5.74) is 2.69. The Bertz CT molecular complexity index is 712. The molecule has 0 aliphatic carbocycles. The minimum atomic E-state index is -0.222. The third-order valence-corrected chi connectivity index (χ3v) is 3.50. The Kier molecular flexibility index (Phi) is 6.37. The number of amides is 1. The number of rotatable bonds is 8. The number of aldehydes is 1. The fourth-order valence-electron chi connectivity index (χ4n) is 2.18. The molecule has 0 radical (unpaired) electrons. The van der Waals surface area contributed by atoms with Crippen LogP contribution in [0.3, 0.4) is 0 Å². The van der Waals surface area contributed by atoms with Crippen molar-refractivity contribution >= 4 is 12.2 Å². The molecule has 0 unspecified atom stereocenters. The molecule has 0 aromatic heterocycles. The van der Waals surface area contributed by atoms with Gasteiger partial charge < -0.3 is 14.8 Å². The fraction of sp³-hybridized carbons (Fsp3) is 0.263. The van der Waals surface area contributed by atoms with Gasteiger partial charge in [0.25, 0.3) is 5.91 Å². The SMILES string of the molecule is CCOc1cc(C=O)ccc1OCC(=O)NCc1ccccc1C. The van der Waals surface area contributed by atoms with Crippen LogP contribution in [0.4, 0.5) is 0 Å². The average molecular weight is 327 g/mol. The van der Waals surface area contributed by atoms with E-state index in [0.29, 0.717) is 30.2 Å². The van der Waals surface area contributed by atoms with Gasteiger partial charge in [-0.3, -0.25) is 9.59 Å². The molecule has 24 heavy (non-hydrogen) atoms. The molecule has 0 saturated carbocycles. The van der Waals surface area contributed by atoms with Crippen molar-refractivity contribution in [3.05, 3.63) is 59.2 Å². The van der Waals surface area contributed by atoms with E-state index in [0.717, 1.165) is 17.4 Å². The first kappa shape index (κ1) is 17.5. The highest BCUT2D eigenvalue weighted by atomic mass is 16.5. The smallest absolute Gasteiger partial charge is 0.258 e. The third-order valence-electron chi connectivity index (χ3n) is 3.50. The minimum Gasteiger partial charge on any atom is -0.490 e. The average Bonchev–Trinajstić information content (AvgIpc) is 2.60. The van der Waals surface area contributed by atoms with Crippen molar-refractivity contribution in [3.63, 3.8) is 0 Å². The van der Waals surface area contributed by atoms with Crippen molar-refractivity contribution in [2.75, 3.05) is 13.2 Å². The van der Waals surface area contributed by atoms with Crippen LogP contribution < -0.4 is 14.8 Å². The number of benzene rings is 2. The number of carbonyl (C=O) groups is 2. The molecular formula is C19H21NO4. The molecule has 1 amide bonds.